The molecule has 1 aliphatic heterocycles. The average Bonchev–Trinajstić information content (AvgIpc) is 2.29. The molecule has 2 rings (SSSR count). The zero-order chi connectivity index (χ0) is 11.6. The summed E-state index contributed by atoms with van der Waals surface area (Å²) in [4.78, 5) is 11.5. The van der Waals surface area contributed by atoms with Gasteiger partial charge >= 0.3 is 0 Å². The number of carbonyl (C=O) groups excluding carboxylic acids is 1. The van der Waals surface area contributed by atoms with Crippen LogP contribution in [0.5, 0.6) is 0 Å². The van der Waals surface area contributed by atoms with Gasteiger partial charge in [0, 0.05) is 6.61 Å². The van der Waals surface area contributed by atoms with Gasteiger partial charge in [0.25, 0.3) is 0 Å². The maximum atomic E-state index is 11.5. The minimum Gasteiger partial charge on any atom is -0.375 e. The van der Waals surface area contributed by atoms with Gasteiger partial charge in [0.15, 0.2) is 0 Å². The van der Waals surface area contributed by atoms with E-state index in [0.29, 0.717) is 6.61 Å². The third kappa shape index (κ3) is 2.03. The molecule has 16 heavy (non-hydrogen) atoms. The second kappa shape index (κ2) is 4.02. The van der Waals surface area contributed by atoms with Crippen molar-refractivity contribution in [3.8, 4) is 0 Å². The van der Waals surface area contributed by atoms with Crippen molar-refractivity contribution < 1.29 is 9.53 Å². The highest BCUT2D eigenvalue weighted by molar-refractivity contribution is 5.69. The zero-order valence-corrected chi connectivity index (χ0v) is 9.90. The molecular weight excluding hydrogens is 200 g/mol. The van der Waals surface area contributed by atoms with Crippen LogP contribution in [0.15, 0.2) is 30.3 Å². The number of hydrogen-bond donors (Lipinski definition) is 0. The van der Waals surface area contributed by atoms with Gasteiger partial charge in [0.1, 0.15) is 6.29 Å². The summed E-state index contributed by atoms with van der Waals surface area (Å²) in [5.41, 5.74) is 0.541. The van der Waals surface area contributed by atoms with Crippen LogP contribution in [0.3, 0.4) is 0 Å². The molecule has 86 valence electrons. The molecule has 1 aromatic carbocycles. The van der Waals surface area contributed by atoms with Crippen LogP contribution in [-0.2, 0) is 14.9 Å². The van der Waals surface area contributed by atoms with Crippen LogP contribution >= 0.6 is 0 Å². The fraction of sp³-hybridized carbons (Fsp3) is 0.500. The van der Waals surface area contributed by atoms with Gasteiger partial charge in [-0.15, -0.1) is 0 Å². The molecule has 2 heteroatoms. The molecule has 0 amide bonds. The number of benzene rings is 1. The molecule has 1 fully saturated rings. The van der Waals surface area contributed by atoms with Crippen molar-refractivity contribution >= 4 is 6.29 Å². The van der Waals surface area contributed by atoms with Crippen molar-refractivity contribution in [3.63, 3.8) is 0 Å². The Labute approximate surface area is 96.6 Å². The smallest absolute Gasteiger partial charge is 0.130 e. The molecule has 0 saturated carbocycles. The lowest BCUT2D eigenvalue weighted by molar-refractivity contribution is -0.125. The molecular formula is C14H18O2. The molecule has 1 unspecified atom stereocenters. The van der Waals surface area contributed by atoms with E-state index in [0.717, 1.165) is 24.7 Å². The van der Waals surface area contributed by atoms with Crippen LogP contribution in [0.1, 0.15) is 32.3 Å². The highest BCUT2D eigenvalue weighted by Crippen LogP contribution is 2.39. The second-order valence-electron chi connectivity index (χ2n) is 5.17. The highest BCUT2D eigenvalue weighted by atomic mass is 16.5. The maximum Gasteiger partial charge on any atom is 0.130 e. The first-order valence-corrected chi connectivity index (χ1v) is 5.74. The van der Waals surface area contributed by atoms with Crippen molar-refractivity contribution in [3.05, 3.63) is 35.9 Å². The Morgan fingerprint density at radius 3 is 2.50 bits per heavy atom. The van der Waals surface area contributed by atoms with E-state index in [1.165, 1.54) is 0 Å². The van der Waals surface area contributed by atoms with Crippen molar-refractivity contribution in [2.24, 2.45) is 0 Å². The topological polar surface area (TPSA) is 26.3 Å². The summed E-state index contributed by atoms with van der Waals surface area (Å²) in [6, 6.07) is 10.0. The van der Waals surface area contributed by atoms with E-state index in [1.807, 2.05) is 44.2 Å². The number of carbonyl (C=O) groups is 1. The predicted octanol–water partition coefficient (Wildman–Crippen LogP) is 2.71. The fourth-order valence-corrected chi connectivity index (χ4v) is 2.59. The van der Waals surface area contributed by atoms with Gasteiger partial charge in [-0.05, 0) is 32.3 Å². The monoisotopic (exact) mass is 218 g/mol. The summed E-state index contributed by atoms with van der Waals surface area (Å²) >= 11 is 0. The average molecular weight is 218 g/mol. The van der Waals surface area contributed by atoms with Gasteiger partial charge < -0.3 is 9.53 Å². The minimum atomic E-state index is -0.358. The first-order valence-electron chi connectivity index (χ1n) is 5.74. The highest BCUT2D eigenvalue weighted by Gasteiger charge is 2.41. The second-order valence-corrected chi connectivity index (χ2v) is 5.17. The summed E-state index contributed by atoms with van der Waals surface area (Å²) in [6.45, 7) is 4.75. The predicted molar refractivity (Wildman–Crippen MR) is 63.4 cm³/mol. The van der Waals surface area contributed by atoms with Crippen LogP contribution in [-0.4, -0.2) is 18.5 Å². The molecule has 1 aliphatic rings. The quantitative estimate of drug-likeness (QED) is 0.713. The molecule has 2 nitrogen and oxygen atoms in total. The van der Waals surface area contributed by atoms with Gasteiger partial charge in [0.05, 0.1) is 11.0 Å². The van der Waals surface area contributed by atoms with Crippen LogP contribution in [0.4, 0.5) is 0 Å². The SMILES string of the molecule is CC1(C)CC(C=O)(c2ccccc2)CCO1. The first kappa shape index (κ1) is 11.3. The molecule has 0 spiro atoms. The zero-order valence-electron chi connectivity index (χ0n) is 9.90. The lowest BCUT2D eigenvalue weighted by Gasteiger charge is -2.41. The number of aldehydes is 1. The third-order valence-corrected chi connectivity index (χ3v) is 3.36. The number of ether oxygens (including phenoxy) is 1. The molecule has 1 saturated heterocycles. The molecule has 0 N–H and O–H groups in total. The van der Waals surface area contributed by atoms with Crippen molar-refractivity contribution in [1.82, 2.24) is 0 Å². The Bertz CT molecular complexity index is 370. The van der Waals surface area contributed by atoms with Crippen LogP contribution in [0.25, 0.3) is 0 Å². The number of hydrogen-bond acceptors (Lipinski definition) is 2. The standard InChI is InChI=1S/C14H18O2/c1-13(2)10-14(11-15,8-9-16-13)12-6-4-3-5-7-12/h3-7,11H,8-10H2,1-2H3. The Hall–Kier alpha value is -1.15. The Kier molecular flexibility index (Phi) is 2.85. The number of rotatable bonds is 2. The van der Waals surface area contributed by atoms with Gasteiger partial charge in [-0.1, -0.05) is 30.3 Å². The van der Waals surface area contributed by atoms with E-state index in [4.69, 9.17) is 4.74 Å². The van der Waals surface area contributed by atoms with Gasteiger partial charge in [-0.3, -0.25) is 0 Å². The first-order chi connectivity index (χ1) is 7.58. The van der Waals surface area contributed by atoms with E-state index >= 15 is 0 Å². The van der Waals surface area contributed by atoms with Crippen LogP contribution < -0.4 is 0 Å². The maximum absolute atomic E-state index is 11.5. The molecule has 1 heterocycles. The van der Waals surface area contributed by atoms with Crippen molar-refractivity contribution in [2.75, 3.05) is 6.61 Å². The van der Waals surface area contributed by atoms with Crippen LogP contribution in [0.2, 0.25) is 0 Å². The van der Waals surface area contributed by atoms with E-state index in [9.17, 15) is 4.79 Å². The lowest BCUT2D eigenvalue weighted by Crippen LogP contribution is -2.44. The van der Waals surface area contributed by atoms with E-state index in [-0.39, 0.29) is 11.0 Å². The minimum absolute atomic E-state index is 0.213. The lowest BCUT2D eigenvalue weighted by atomic mass is 9.70. The van der Waals surface area contributed by atoms with E-state index in [1.54, 1.807) is 0 Å². The molecule has 0 aromatic heterocycles. The molecule has 0 radical (unpaired) electrons. The van der Waals surface area contributed by atoms with E-state index < -0.39 is 0 Å². The van der Waals surface area contributed by atoms with Gasteiger partial charge in [0.2, 0.25) is 0 Å². The Morgan fingerprint density at radius 2 is 1.94 bits per heavy atom. The summed E-state index contributed by atoms with van der Waals surface area (Å²) in [6.07, 6.45) is 2.64. The molecule has 0 bridgehead atoms. The fourth-order valence-electron chi connectivity index (χ4n) is 2.59. The summed E-state index contributed by atoms with van der Waals surface area (Å²) in [7, 11) is 0. The van der Waals surface area contributed by atoms with Gasteiger partial charge in [-0.2, -0.15) is 0 Å². The summed E-state index contributed by atoms with van der Waals surface area (Å²) < 4.78 is 5.69. The third-order valence-electron chi connectivity index (χ3n) is 3.36. The summed E-state index contributed by atoms with van der Waals surface area (Å²) in [5, 5.41) is 0. The van der Waals surface area contributed by atoms with Crippen molar-refractivity contribution in [1.29, 1.82) is 0 Å². The normalized spacial score (nSPS) is 28.6. The molecule has 1 atom stereocenters. The largest absolute Gasteiger partial charge is 0.375 e. The van der Waals surface area contributed by atoms with E-state index in [2.05, 4.69) is 0 Å². The Balaban J connectivity index is 2.36. The molecule has 0 aliphatic carbocycles. The van der Waals surface area contributed by atoms with Crippen LogP contribution in [0, 0.1) is 0 Å². The summed E-state index contributed by atoms with van der Waals surface area (Å²) in [5.74, 6) is 0. The van der Waals surface area contributed by atoms with Crippen molar-refractivity contribution in [2.45, 2.75) is 37.7 Å². The molecule has 1 aromatic rings. The Morgan fingerprint density at radius 1 is 1.25 bits per heavy atom. The van der Waals surface area contributed by atoms with Gasteiger partial charge in [-0.25, -0.2) is 0 Å².